The number of nitrogens with one attached hydrogen (secondary N) is 1. The van der Waals surface area contributed by atoms with E-state index in [0.29, 0.717) is 12.1 Å². The van der Waals surface area contributed by atoms with Crippen molar-refractivity contribution in [3.8, 4) is 0 Å². The second-order valence-electron chi connectivity index (χ2n) is 7.36. The minimum atomic E-state index is 0.229. The summed E-state index contributed by atoms with van der Waals surface area (Å²) in [5.74, 6) is 0.807. The summed E-state index contributed by atoms with van der Waals surface area (Å²) in [4.78, 5) is 0. The smallest absolute Gasteiger partial charge is 0.0580 e. The molecule has 1 aliphatic carbocycles. The van der Waals surface area contributed by atoms with Crippen LogP contribution in [0.2, 0.25) is 0 Å². The zero-order chi connectivity index (χ0) is 15.5. The molecule has 1 atom stereocenters. The van der Waals surface area contributed by atoms with Gasteiger partial charge in [-0.05, 0) is 55.7 Å². The van der Waals surface area contributed by atoms with Crippen LogP contribution in [0.4, 0.5) is 0 Å². The standard InChI is InChI=1S/C19H31NO/c1-6-21-17-11-14(12-17)13-18(20-5)15-7-9-16(10-8-15)19(2,3)4/h7-10,14,17-18,20H,6,11-13H2,1-5H3. The third-order valence-corrected chi connectivity index (χ3v) is 4.69. The van der Waals surface area contributed by atoms with E-state index in [1.807, 2.05) is 0 Å². The molecule has 0 aliphatic heterocycles. The van der Waals surface area contributed by atoms with Gasteiger partial charge in [0.2, 0.25) is 0 Å². The molecule has 0 bridgehead atoms. The fourth-order valence-electron chi connectivity index (χ4n) is 3.21. The van der Waals surface area contributed by atoms with Gasteiger partial charge in [0.1, 0.15) is 0 Å². The summed E-state index contributed by atoms with van der Waals surface area (Å²) in [6.45, 7) is 9.72. The maximum Gasteiger partial charge on any atom is 0.0580 e. The topological polar surface area (TPSA) is 21.3 Å². The molecule has 0 aromatic heterocycles. The van der Waals surface area contributed by atoms with Crippen LogP contribution >= 0.6 is 0 Å². The Kier molecular flexibility index (Phi) is 5.45. The largest absolute Gasteiger partial charge is 0.378 e. The Morgan fingerprint density at radius 2 is 1.81 bits per heavy atom. The van der Waals surface area contributed by atoms with Crippen molar-refractivity contribution in [1.82, 2.24) is 5.32 Å². The molecule has 0 radical (unpaired) electrons. The maximum absolute atomic E-state index is 5.66. The van der Waals surface area contributed by atoms with Gasteiger partial charge in [-0.15, -0.1) is 0 Å². The molecule has 118 valence electrons. The summed E-state index contributed by atoms with van der Waals surface area (Å²) in [7, 11) is 2.07. The van der Waals surface area contributed by atoms with Crippen LogP contribution in [0.5, 0.6) is 0 Å². The van der Waals surface area contributed by atoms with Crippen molar-refractivity contribution in [2.75, 3.05) is 13.7 Å². The SMILES string of the molecule is CCOC1CC(CC(NC)c2ccc(C(C)(C)C)cc2)C1. The normalized spacial score (nSPS) is 23.7. The van der Waals surface area contributed by atoms with Gasteiger partial charge in [0, 0.05) is 12.6 Å². The van der Waals surface area contributed by atoms with E-state index in [9.17, 15) is 0 Å². The number of hydrogen-bond donors (Lipinski definition) is 1. The van der Waals surface area contributed by atoms with Crippen LogP contribution in [-0.4, -0.2) is 19.8 Å². The van der Waals surface area contributed by atoms with Gasteiger partial charge in [-0.1, -0.05) is 45.0 Å². The van der Waals surface area contributed by atoms with Gasteiger partial charge in [0.05, 0.1) is 6.10 Å². The molecule has 1 aliphatic rings. The predicted octanol–water partition coefficient (Wildman–Crippen LogP) is 4.45. The Labute approximate surface area is 130 Å². The molecule has 1 aromatic rings. The molecule has 0 heterocycles. The second kappa shape index (κ2) is 6.93. The first-order valence-corrected chi connectivity index (χ1v) is 8.33. The highest BCUT2D eigenvalue weighted by Gasteiger charge is 2.31. The first-order valence-electron chi connectivity index (χ1n) is 8.33. The Bertz CT molecular complexity index is 426. The molecule has 21 heavy (non-hydrogen) atoms. The van der Waals surface area contributed by atoms with Crippen LogP contribution < -0.4 is 5.32 Å². The fraction of sp³-hybridized carbons (Fsp3) is 0.684. The molecule has 0 saturated heterocycles. The molecular formula is C19H31NO. The zero-order valence-electron chi connectivity index (χ0n) is 14.3. The van der Waals surface area contributed by atoms with Crippen molar-refractivity contribution in [3.63, 3.8) is 0 Å². The van der Waals surface area contributed by atoms with Gasteiger partial charge in [-0.3, -0.25) is 0 Å². The minimum absolute atomic E-state index is 0.229. The first-order chi connectivity index (χ1) is 9.94. The van der Waals surface area contributed by atoms with Crippen LogP contribution in [0.1, 0.15) is 64.1 Å². The Hall–Kier alpha value is -0.860. The predicted molar refractivity (Wildman–Crippen MR) is 89.7 cm³/mol. The Balaban J connectivity index is 1.92. The molecule has 0 spiro atoms. The highest BCUT2D eigenvalue weighted by molar-refractivity contribution is 5.29. The molecule has 2 rings (SSSR count). The minimum Gasteiger partial charge on any atom is -0.378 e. The average Bonchev–Trinajstić information content (AvgIpc) is 2.40. The number of benzene rings is 1. The second-order valence-corrected chi connectivity index (χ2v) is 7.36. The third-order valence-electron chi connectivity index (χ3n) is 4.69. The van der Waals surface area contributed by atoms with E-state index in [1.165, 1.54) is 30.4 Å². The lowest BCUT2D eigenvalue weighted by Gasteiger charge is -2.37. The summed E-state index contributed by atoms with van der Waals surface area (Å²) in [6, 6.07) is 9.61. The maximum atomic E-state index is 5.66. The molecule has 1 N–H and O–H groups in total. The highest BCUT2D eigenvalue weighted by atomic mass is 16.5. The van der Waals surface area contributed by atoms with Crippen LogP contribution in [0.15, 0.2) is 24.3 Å². The Morgan fingerprint density at radius 3 is 2.29 bits per heavy atom. The van der Waals surface area contributed by atoms with Crippen LogP contribution in [0, 0.1) is 5.92 Å². The van der Waals surface area contributed by atoms with Crippen LogP contribution in [0.3, 0.4) is 0 Å². The molecule has 1 unspecified atom stereocenters. The van der Waals surface area contributed by atoms with Crippen molar-refractivity contribution < 1.29 is 4.74 Å². The van der Waals surface area contributed by atoms with Crippen molar-refractivity contribution in [3.05, 3.63) is 35.4 Å². The third kappa shape index (κ3) is 4.31. The van der Waals surface area contributed by atoms with Gasteiger partial charge in [-0.2, -0.15) is 0 Å². The lowest BCUT2D eigenvalue weighted by atomic mass is 9.77. The van der Waals surface area contributed by atoms with E-state index >= 15 is 0 Å². The number of hydrogen-bond acceptors (Lipinski definition) is 2. The zero-order valence-corrected chi connectivity index (χ0v) is 14.3. The van der Waals surface area contributed by atoms with Crippen LogP contribution in [0.25, 0.3) is 0 Å². The highest BCUT2D eigenvalue weighted by Crippen LogP contribution is 2.37. The molecule has 2 heteroatoms. The van der Waals surface area contributed by atoms with E-state index in [2.05, 4.69) is 64.3 Å². The van der Waals surface area contributed by atoms with E-state index in [4.69, 9.17) is 4.74 Å². The van der Waals surface area contributed by atoms with Gasteiger partial charge >= 0.3 is 0 Å². The van der Waals surface area contributed by atoms with Crippen molar-refractivity contribution in [2.45, 2.75) is 64.5 Å². The fourth-order valence-corrected chi connectivity index (χ4v) is 3.21. The summed E-state index contributed by atoms with van der Waals surface area (Å²) in [6.07, 6.45) is 4.19. The van der Waals surface area contributed by atoms with E-state index in [-0.39, 0.29) is 5.41 Å². The quantitative estimate of drug-likeness (QED) is 0.835. The lowest BCUT2D eigenvalue weighted by molar-refractivity contribution is -0.0289. The van der Waals surface area contributed by atoms with E-state index < -0.39 is 0 Å². The molecule has 2 nitrogen and oxygen atoms in total. The Morgan fingerprint density at radius 1 is 1.19 bits per heavy atom. The average molecular weight is 289 g/mol. The summed E-state index contributed by atoms with van der Waals surface area (Å²) in [5, 5.41) is 3.48. The molecular weight excluding hydrogens is 258 g/mol. The van der Waals surface area contributed by atoms with Gasteiger partial charge in [0.25, 0.3) is 0 Å². The summed E-state index contributed by atoms with van der Waals surface area (Å²) >= 11 is 0. The van der Waals surface area contributed by atoms with Crippen molar-refractivity contribution >= 4 is 0 Å². The lowest BCUT2D eigenvalue weighted by Crippen LogP contribution is -2.34. The number of ether oxygens (including phenoxy) is 1. The van der Waals surface area contributed by atoms with E-state index in [1.54, 1.807) is 0 Å². The monoisotopic (exact) mass is 289 g/mol. The molecule has 1 saturated carbocycles. The molecule has 1 fully saturated rings. The summed E-state index contributed by atoms with van der Waals surface area (Å²) < 4.78 is 5.66. The van der Waals surface area contributed by atoms with Crippen molar-refractivity contribution in [2.24, 2.45) is 5.92 Å². The van der Waals surface area contributed by atoms with Crippen LogP contribution in [-0.2, 0) is 10.2 Å². The molecule has 1 aromatic carbocycles. The molecule has 0 amide bonds. The van der Waals surface area contributed by atoms with Gasteiger partial charge in [0.15, 0.2) is 0 Å². The van der Waals surface area contributed by atoms with Gasteiger partial charge in [-0.25, -0.2) is 0 Å². The number of rotatable bonds is 6. The van der Waals surface area contributed by atoms with Crippen molar-refractivity contribution in [1.29, 1.82) is 0 Å². The first kappa shape index (κ1) is 16.5. The van der Waals surface area contributed by atoms with E-state index in [0.717, 1.165) is 12.5 Å². The summed E-state index contributed by atoms with van der Waals surface area (Å²) in [5.41, 5.74) is 3.04. The van der Waals surface area contributed by atoms with Gasteiger partial charge < -0.3 is 10.1 Å².